The fraction of sp³-hybridized carbons (Fsp3) is 0.325. The zero-order valence-corrected chi connectivity index (χ0v) is 28.6. The standard InChI is InChI=1S/C40H43N5O4/c1-26-21-32(17-18-33(26)23-41-39(48)49-40(2,3)4)37-35-22-28(24-45(35)43-25-42-37)8-6-5-7-27-9-11-29(12-10-27)30-13-15-31(16-14-30)34-19-20-36(46)44-38(34)47/h9-18,21-22,24-25,34H,5-8,19-20,23H2,1-4H3,(H,41,48)(H,44,46,47). The number of hydrogen-bond acceptors (Lipinski definition) is 6. The predicted octanol–water partition coefficient (Wildman–Crippen LogP) is 7.48. The summed E-state index contributed by atoms with van der Waals surface area (Å²) >= 11 is 0. The monoisotopic (exact) mass is 657 g/mol. The first-order valence-electron chi connectivity index (χ1n) is 16.9. The Kier molecular flexibility index (Phi) is 9.90. The van der Waals surface area contributed by atoms with Crippen LogP contribution in [0.4, 0.5) is 4.79 Å². The number of nitrogens with one attached hydrogen (secondary N) is 2. The van der Waals surface area contributed by atoms with Gasteiger partial charge in [-0.2, -0.15) is 5.10 Å². The average Bonchev–Trinajstić information content (AvgIpc) is 3.49. The number of carbonyl (C=O) groups is 3. The molecular formula is C40H43N5O4. The van der Waals surface area contributed by atoms with Crippen molar-refractivity contribution in [1.82, 2.24) is 25.2 Å². The number of aromatic nitrogens is 3. The fourth-order valence-corrected chi connectivity index (χ4v) is 6.31. The van der Waals surface area contributed by atoms with E-state index in [1.807, 2.05) is 56.5 Å². The van der Waals surface area contributed by atoms with Crippen molar-refractivity contribution >= 4 is 23.4 Å². The van der Waals surface area contributed by atoms with Crippen molar-refractivity contribution in [3.63, 3.8) is 0 Å². The molecule has 1 unspecified atom stereocenters. The molecule has 9 nitrogen and oxygen atoms in total. The molecule has 1 atom stereocenters. The second kappa shape index (κ2) is 14.4. The minimum Gasteiger partial charge on any atom is -0.444 e. The third-order valence-corrected chi connectivity index (χ3v) is 8.92. The third-order valence-electron chi connectivity index (χ3n) is 8.92. The maximum absolute atomic E-state index is 12.2. The van der Waals surface area contributed by atoms with E-state index >= 15 is 0 Å². The number of amides is 3. The normalized spacial score (nSPS) is 14.9. The number of carbonyl (C=O) groups excluding carboxylic acids is 3. The molecule has 5 aromatic rings. The Labute approximate surface area is 287 Å². The summed E-state index contributed by atoms with van der Waals surface area (Å²) in [7, 11) is 0. The molecule has 9 heteroatoms. The third kappa shape index (κ3) is 8.41. The Morgan fingerprint density at radius 2 is 1.59 bits per heavy atom. The summed E-state index contributed by atoms with van der Waals surface area (Å²) in [5.41, 5.74) is 10.1. The van der Waals surface area contributed by atoms with Crippen LogP contribution in [0.3, 0.4) is 0 Å². The molecule has 0 bridgehead atoms. The number of nitrogens with zero attached hydrogens (tertiary/aromatic N) is 3. The van der Waals surface area contributed by atoms with Crippen LogP contribution >= 0.6 is 0 Å². The zero-order chi connectivity index (χ0) is 34.5. The molecule has 1 saturated heterocycles. The number of aryl methyl sites for hydroxylation is 3. The molecule has 1 aliphatic rings. The first-order chi connectivity index (χ1) is 23.5. The first-order valence-corrected chi connectivity index (χ1v) is 16.9. The van der Waals surface area contributed by atoms with Gasteiger partial charge in [0.15, 0.2) is 0 Å². The summed E-state index contributed by atoms with van der Waals surface area (Å²) in [6, 6.07) is 25.1. The van der Waals surface area contributed by atoms with Crippen LogP contribution in [0.1, 0.15) is 80.2 Å². The van der Waals surface area contributed by atoms with E-state index in [1.165, 1.54) is 11.1 Å². The van der Waals surface area contributed by atoms with Crippen LogP contribution in [-0.2, 0) is 33.7 Å². The number of fused-ring (bicyclic) bond motifs is 1. The molecular weight excluding hydrogens is 614 g/mol. The highest BCUT2D eigenvalue weighted by molar-refractivity contribution is 6.01. The average molecular weight is 658 g/mol. The van der Waals surface area contributed by atoms with Crippen LogP contribution in [0, 0.1) is 6.92 Å². The van der Waals surface area contributed by atoms with Crippen LogP contribution < -0.4 is 10.6 Å². The molecule has 2 N–H and O–H groups in total. The van der Waals surface area contributed by atoms with Gasteiger partial charge in [0, 0.05) is 24.7 Å². The summed E-state index contributed by atoms with van der Waals surface area (Å²) in [6.45, 7) is 7.97. The van der Waals surface area contributed by atoms with E-state index in [1.54, 1.807) is 6.33 Å². The highest BCUT2D eigenvalue weighted by Gasteiger charge is 2.27. The van der Waals surface area contributed by atoms with E-state index in [9.17, 15) is 14.4 Å². The zero-order valence-electron chi connectivity index (χ0n) is 28.6. The maximum atomic E-state index is 12.2. The Balaban J connectivity index is 1.02. The summed E-state index contributed by atoms with van der Waals surface area (Å²) in [5, 5.41) is 9.74. The Bertz CT molecular complexity index is 1970. The van der Waals surface area contributed by atoms with Gasteiger partial charge in [0.1, 0.15) is 11.9 Å². The van der Waals surface area contributed by atoms with Gasteiger partial charge >= 0.3 is 6.09 Å². The van der Waals surface area contributed by atoms with E-state index in [4.69, 9.17) is 4.74 Å². The van der Waals surface area contributed by atoms with E-state index < -0.39 is 11.7 Å². The van der Waals surface area contributed by atoms with Crippen LogP contribution in [0.5, 0.6) is 0 Å². The van der Waals surface area contributed by atoms with E-state index in [0.29, 0.717) is 19.4 Å². The van der Waals surface area contributed by atoms with Gasteiger partial charge in [-0.05, 0) is 111 Å². The summed E-state index contributed by atoms with van der Waals surface area (Å²) < 4.78 is 7.26. The lowest BCUT2D eigenvalue weighted by atomic mass is 9.89. The van der Waals surface area contributed by atoms with Crippen molar-refractivity contribution in [2.45, 2.75) is 84.3 Å². The number of benzene rings is 3. The van der Waals surface area contributed by atoms with Crippen molar-refractivity contribution in [1.29, 1.82) is 0 Å². The summed E-state index contributed by atoms with van der Waals surface area (Å²) in [5.74, 6) is -0.664. The topological polar surface area (TPSA) is 115 Å². The molecule has 0 saturated carbocycles. The molecule has 0 aliphatic carbocycles. The molecule has 3 aromatic carbocycles. The molecule has 0 spiro atoms. The van der Waals surface area contributed by atoms with E-state index in [2.05, 4.69) is 75.4 Å². The minimum atomic E-state index is -0.538. The van der Waals surface area contributed by atoms with Crippen LogP contribution in [0.15, 0.2) is 85.3 Å². The fourth-order valence-electron chi connectivity index (χ4n) is 6.31. The smallest absolute Gasteiger partial charge is 0.407 e. The second-order valence-corrected chi connectivity index (χ2v) is 13.8. The van der Waals surface area contributed by atoms with Crippen molar-refractivity contribution in [3.8, 4) is 22.4 Å². The van der Waals surface area contributed by atoms with E-state index in [0.717, 1.165) is 70.3 Å². The van der Waals surface area contributed by atoms with Gasteiger partial charge in [0.2, 0.25) is 11.8 Å². The van der Waals surface area contributed by atoms with Crippen LogP contribution in [0.25, 0.3) is 27.9 Å². The number of alkyl carbamates (subject to hydrolysis) is 1. The number of piperidine rings is 1. The second-order valence-electron chi connectivity index (χ2n) is 13.8. The Morgan fingerprint density at radius 1 is 0.918 bits per heavy atom. The van der Waals surface area contributed by atoms with Gasteiger partial charge in [-0.25, -0.2) is 14.3 Å². The van der Waals surface area contributed by atoms with Gasteiger partial charge < -0.3 is 10.1 Å². The highest BCUT2D eigenvalue weighted by atomic mass is 16.6. The number of rotatable bonds is 10. The summed E-state index contributed by atoms with van der Waals surface area (Å²) in [6.07, 6.45) is 8.28. The lowest BCUT2D eigenvalue weighted by Crippen LogP contribution is -2.39. The molecule has 6 rings (SSSR count). The molecule has 1 fully saturated rings. The van der Waals surface area contributed by atoms with Gasteiger partial charge in [0.05, 0.1) is 17.1 Å². The molecule has 1 aliphatic heterocycles. The number of ether oxygens (including phenoxy) is 1. The predicted molar refractivity (Wildman–Crippen MR) is 190 cm³/mol. The molecule has 252 valence electrons. The largest absolute Gasteiger partial charge is 0.444 e. The Hall–Kier alpha value is -5.31. The van der Waals surface area contributed by atoms with Crippen molar-refractivity contribution in [2.24, 2.45) is 0 Å². The molecule has 49 heavy (non-hydrogen) atoms. The van der Waals surface area contributed by atoms with Gasteiger partial charge in [-0.3, -0.25) is 14.9 Å². The lowest BCUT2D eigenvalue weighted by Gasteiger charge is -2.21. The molecule has 3 heterocycles. The van der Waals surface area contributed by atoms with Gasteiger partial charge in [-0.1, -0.05) is 60.7 Å². The maximum Gasteiger partial charge on any atom is 0.407 e. The lowest BCUT2D eigenvalue weighted by molar-refractivity contribution is -0.134. The van der Waals surface area contributed by atoms with Crippen molar-refractivity contribution in [3.05, 3.63) is 113 Å². The minimum absolute atomic E-state index is 0.192. The molecule has 3 amide bonds. The molecule has 2 aromatic heterocycles. The number of unbranched alkanes of at least 4 members (excludes halogenated alkanes) is 1. The van der Waals surface area contributed by atoms with Crippen LogP contribution in [0.2, 0.25) is 0 Å². The quantitative estimate of drug-likeness (QED) is 0.119. The number of imide groups is 1. The summed E-state index contributed by atoms with van der Waals surface area (Å²) in [4.78, 5) is 40.4. The van der Waals surface area contributed by atoms with Crippen molar-refractivity contribution < 1.29 is 19.1 Å². The number of hydrogen-bond donors (Lipinski definition) is 2. The highest BCUT2D eigenvalue weighted by Crippen LogP contribution is 2.29. The first kappa shape index (κ1) is 33.6. The van der Waals surface area contributed by atoms with E-state index in [-0.39, 0.29) is 17.7 Å². The van der Waals surface area contributed by atoms with Gasteiger partial charge in [-0.15, -0.1) is 0 Å². The van der Waals surface area contributed by atoms with Crippen molar-refractivity contribution in [2.75, 3.05) is 0 Å². The van der Waals surface area contributed by atoms with Crippen LogP contribution in [-0.4, -0.2) is 38.1 Å². The Morgan fingerprint density at radius 3 is 2.27 bits per heavy atom. The SMILES string of the molecule is Cc1cc(-c2ncnn3cc(CCCCc4ccc(-c5ccc(C6CCC(=O)NC6=O)cc5)cc4)cc23)ccc1CNC(=O)OC(C)(C)C. The molecule has 0 radical (unpaired) electrons. The van der Waals surface area contributed by atoms with Gasteiger partial charge in [0.25, 0.3) is 0 Å².